The molecule has 0 saturated carbocycles. The van der Waals surface area contributed by atoms with E-state index in [4.69, 9.17) is 4.74 Å². The van der Waals surface area contributed by atoms with E-state index in [1.54, 1.807) is 0 Å². The minimum absolute atomic E-state index is 0.487. The summed E-state index contributed by atoms with van der Waals surface area (Å²) in [5.74, 6) is 1.30. The van der Waals surface area contributed by atoms with Gasteiger partial charge in [-0.2, -0.15) is 0 Å². The van der Waals surface area contributed by atoms with Crippen LogP contribution in [0.25, 0.3) is 0 Å². The predicted molar refractivity (Wildman–Crippen MR) is 76.8 cm³/mol. The Bertz CT molecular complexity index is 386. The van der Waals surface area contributed by atoms with Crippen molar-refractivity contribution in [1.82, 2.24) is 5.32 Å². The van der Waals surface area contributed by atoms with Crippen LogP contribution in [0.5, 0.6) is 0 Å². The Balaban J connectivity index is 1.80. The van der Waals surface area contributed by atoms with E-state index in [9.17, 15) is 0 Å². The van der Waals surface area contributed by atoms with E-state index in [-0.39, 0.29) is 0 Å². The molecule has 1 aromatic rings. The molecule has 3 atom stereocenters. The number of hydrogen-bond donors (Lipinski definition) is 1. The summed E-state index contributed by atoms with van der Waals surface area (Å²) in [5, 5.41) is 3.53. The third kappa shape index (κ3) is 2.63. The maximum absolute atomic E-state index is 5.93. The SMILES string of the molecule is Brc1ccc(C2CNCCC2C2CCCO2)cc1. The first-order chi connectivity index (χ1) is 8.84. The molecule has 0 bridgehead atoms. The number of ether oxygens (including phenoxy) is 1. The fourth-order valence-electron chi connectivity index (χ4n) is 3.34. The quantitative estimate of drug-likeness (QED) is 0.905. The van der Waals surface area contributed by atoms with E-state index >= 15 is 0 Å². The van der Waals surface area contributed by atoms with Crippen molar-refractivity contribution in [2.75, 3.05) is 19.7 Å². The molecule has 0 aliphatic carbocycles. The number of rotatable bonds is 2. The summed E-state index contributed by atoms with van der Waals surface area (Å²) in [6, 6.07) is 8.81. The Hall–Kier alpha value is -0.380. The van der Waals surface area contributed by atoms with Crippen LogP contribution in [0.15, 0.2) is 28.7 Å². The molecule has 2 saturated heterocycles. The number of halogens is 1. The molecule has 0 radical (unpaired) electrons. The highest BCUT2D eigenvalue weighted by molar-refractivity contribution is 9.10. The molecule has 1 aromatic carbocycles. The van der Waals surface area contributed by atoms with Crippen LogP contribution in [-0.4, -0.2) is 25.8 Å². The maximum atomic E-state index is 5.93. The van der Waals surface area contributed by atoms with Gasteiger partial charge >= 0.3 is 0 Å². The second kappa shape index (κ2) is 5.72. The molecule has 1 N–H and O–H groups in total. The number of piperidine rings is 1. The lowest BCUT2D eigenvalue weighted by molar-refractivity contribution is 0.0411. The van der Waals surface area contributed by atoms with E-state index in [0.29, 0.717) is 17.9 Å². The first kappa shape index (κ1) is 12.6. The average molecular weight is 310 g/mol. The van der Waals surface area contributed by atoms with Crippen LogP contribution in [0, 0.1) is 5.92 Å². The molecular formula is C15H20BrNO. The van der Waals surface area contributed by atoms with Crippen molar-refractivity contribution >= 4 is 15.9 Å². The van der Waals surface area contributed by atoms with Gasteiger partial charge in [0.1, 0.15) is 0 Å². The van der Waals surface area contributed by atoms with Gasteiger partial charge in [0.2, 0.25) is 0 Å². The van der Waals surface area contributed by atoms with Crippen LogP contribution in [-0.2, 0) is 4.74 Å². The minimum atomic E-state index is 0.487. The van der Waals surface area contributed by atoms with Gasteiger partial charge in [0.05, 0.1) is 6.10 Å². The molecule has 2 fully saturated rings. The second-order valence-electron chi connectivity index (χ2n) is 5.37. The summed E-state index contributed by atoms with van der Waals surface area (Å²) >= 11 is 3.51. The highest BCUT2D eigenvalue weighted by Gasteiger charge is 2.34. The van der Waals surface area contributed by atoms with Crippen molar-refractivity contribution in [3.05, 3.63) is 34.3 Å². The molecule has 0 amide bonds. The van der Waals surface area contributed by atoms with Crippen LogP contribution >= 0.6 is 15.9 Å². The van der Waals surface area contributed by atoms with E-state index in [1.807, 2.05) is 0 Å². The van der Waals surface area contributed by atoms with Gasteiger partial charge in [0.15, 0.2) is 0 Å². The molecule has 0 aromatic heterocycles. The minimum Gasteiger partial charge on any atom is -0.378 e. The fourth-order valence-corrected chi connectivity index (χ4v) is 3.60. The molecule has 3 heteroatoms. The Morgan fingerprint density at radius 2 is 2.00 bits per heavy atom. The number of nitrogens with one attached hydrogen (secondary N) is 1. The monoisotopic (exact) mass is 309 g/mol. The van der Waals surface area contributed by atoms with Gasteiger partial charge in [0, 0.05) is 23.5 Å². The average Bonchev–Trinajstić information content (AvgIpc) is 2.93. The summed E-state index contributed by atoms with van der Waals surface area (Å²) in [4.78, 5) is 0. The van der Waals surface area contributed by atoms with Gasteiger partial charge in [-0.25, -0.2) is 0 Å². The third-order valence-electron chi connectivity index (χ3n) is 4.28. The lowest BCUT2D eigenvalue weighted by Gasteiger charge is -2.36. The van der Waals surface area contributed by atoms with Crippen molar-refractivity contribution < 1.29 is 4.74 Å². The highest BCUT2D eigenvalue weighted by Crippen LogP contribution is 2.36. The number of benzene rings is 1. The zero-order valence-corrected chi connectivity index (χ0v) is 12.2. The van der Waals surface area contributed by atoms with Crippen LogP contribution in [0.4, 0.5) is 0 Å². The summed E-state index contributed by atoms with van der Waals surface area (Å²) in [7, 11) is 0. The first-order valence-corrected chi connectivity index (χ1v) is 7.71. The summed E-state index contributed by atoms with van der Waals surface area (Å²) < 4.78 is 7.09. The summed E-state index contributed by atoms with van der Waals surface area (Å²) in [6.07, 6.45) is 4.21. The molecule has 2 nitrogen and oxygen atoms in total. The third-order valence-corrected chi connectivity index (χ3v) is 4.80. The van der Waals surface area contributed by atoms with E-state index in [1.165, 1.54) is 24.8 Å². The van der Waals surface area contributed by atoms with Gasteiger partial charge in [0.25, 0.3) is 0 Å². The standard InChI is InChI=1S/C15H20BrNO/c16-12-5-3-11(4-6-12)14-10-17-8-7-13(14)15-2-1-9-18-15/h3-6,13-15,17H,1-2,7-10H2. The molecule has 0 spiro atoms. The zero-order valence-electron chi connectivity index (χ0n) is 10.6. The smallest absolute Gasteiger partial charge is 0.0610 e. The zero-order chi connectivity index (χ0) is 12.4. The molecule has 98 valence electrons. The molecule has 18 heavy (non-hydrogen) atoms. The second-order valence-corrected chi connectivity index (χ2v) is 6.28. The fraction of sp³-hybridized carbons (Fsp3) is 0.600. The van der Waals surface area contributed by atoms with Crippen molar-refractivity contribution in [2.45, 2.75) is 31.3 Å². The molecule has 3 rings (SSSR count). The molecular weight excluding hydrogens is 290 g/mol. The number of hydrogen-bond acceptors (Lipinski definition) is 2. The van der Waals surface area contributed by atoms with Crippen molar-refractivity contribution in [3.8, 4) is 0 Å². The van der Waals surface area contributed by atoms with Crippen LogP contribution in [0.3, 0.4) is 0 Å². The Kier molecular flexibility index (Phi) is 4.02. The van der Waals surface area contributed by atoms with Crippen molar-refractivity contribution in [3.63, 3.8) is 0 Å². The molecule has 2 aliphatic rings. The van der Waals surface area contributed by atoms with Crippen molar-refractivity contribution in [1.29, 1.82) is 0 Å². The maximum Gasteiger partial charge on any atom is 0.0610 e. The van der Waals surface area contributed by atoms with Crippen LogP contribution in [0.2, 0.25) is 0 Å². The summed E-state index contributed by atoms with van der Waals surface area (Å²) in [6.45, 7) is 3.19. The van der Waals surface area contributed by atoms with Gasteiger partial charge in [-0.15, -0.1) is 0 Å². The van der Waals surface area contributed by atoms with Crippen LogP contribution in [0.1, 0.15) is 30.7 Å². The van der Waals surface area contributed by atoms with Gasteiger partial charge in [-0.1, -0.05) is 28.1 Å². The Morgan fingerprint density at radius 3 is 2.72 bits per heavy atom. The molecule has 3 unspecified atom stereocenters. The molecule has 2 aliphatic heterocycles. The van der Waals surface area contributed by atoms with Gasteiger partial charge in [-0.3, -0.25) is 0 Å². The lowest BCUT2D eigenvalue weighted by Crippen LogP contribution is -2.40. The van der Waals surface area contributed by atoms with Crippen molar-refractivity contribution in [2.24, 2.45) is 5.92 Å². The van der Waals surface area contributed by atoms with Gasteiger partial charge in [-0.05, 0) is 49.4 Å². The largest absolute Gasteiger partial charge is 0.378 e. The normalized spacial score (nSPS) is 32.6. The van der Waals surface area contributed by atoms with E-state index in [0.717, 1.165) is 24.2 Å². The van der Waals surface area contributed by atoms with E-state index < -0.39 is 0 Å². The topological polar surface area (TPSA) is 21.3 Å². The summed E-state index contributed by atoms with van der Waals surface area (Å²) in [5.41, 5.74) is 1.45. The highest BCUT2D eigenvalue weighted by atomic mass is 79.9. The Morgan fingerprint density at radius 1 is 1.17 bits per heavy atom. The lowest BCUT2D eigenvalue weighted by atomic mass is 9.77. The molecule has 2 heterocycles. The van der Waals surface area contributed by atoms with Gasteiger partial charge < -0.3 is 10.1 Å². The Labute approximate surface area is 117 Å². The first-order valence-electron chi connectivity index (χ1n) is 6.92. The van der Waals surface area contributed by atoms with Crippen LogP contribution < -0.4 is 5.32 Å². The van der Waals surface area contributed by atoms with E-state index in [2.05, 4.69) is 45.5 Å². The predicted octanol–water partition coefficient (Wildman–Crippen LogP) is 3.32.